The molecule has 2 unspecified atom stereocenters. The molecule has 1 aliphatic heterocycles. The standard InChI is InChI=1S/C16H21F2N3/c17-13-7-12(16(19)20)8-14(18)15(13)21-6-5-10-3-1-2-4-11(10)9-21/h7-8,10-11H,1-6,9H2,(H3,19,20). The monoisotopic (exact) mass is 293 g/mol. The molecule has 0 spiro atoms. The average Bonchev–Trinajstić information content (AvgIpc) is 2.46. The van der Waals surface area contributed by atoms with Crippen molar-refractivity contribution < 1.29 is 8.78 Å². The average molecular weight is 293 g/mol. The highest BCUT2D eigenvalue weighted by Gasteiger charge is 2.33. The molecule has 1 saturated carbocycles. The van der Waals surface area contributed by atoms with Crippen LogP contribution in [0.25, 0.3) is 0 Å². The number of halogens is 2. The van der Waals surface area contributed by atoms with Gasteiger partial charge < -0.3 is 10.6 Å². The number of benzene rings is 1. The van der Waals surface area contributed by atoms with Gasteiger partial charge in [0, 0.05) is 18.7 Å². The van der Waals surface area contributed by atoms with E-state index < -0.39 is 11.6 Å². The van der Waals surface area contributed by atoms with Gasteiger partial charge in [-0.25, -0.2) is 8.78 Å². The Morgan fingerprint density at radius 2 is 1.71 bits per heavy atom. The van der Waals surface area contributed by atoms with Crippen LogP contribution in [0.15, 0.2) is 12.1 Å². The van der Waals surface area contributed by atoms with Gasteiger partial charge in [-0.05, 0) is 36.8 Å². The highest BCUT2D eigenvalue weighted by molar-refractivity contribution is 5.95. The minimum atomic E-state index is -0.616. The number of fused-ring (bicyclic) bond motifs is 1. The predicted molar refractivity (Wildman–Crippen MR) is 79.7 cm³/mol. The summed E-state index contributed by atoms with van der Waals surface area (Å²) in [6.07, 6.45) is 5.95. The molecule has 114 valence electrons. The molecule has 21 heavy (non-hydrogen) atoms. The number of anilines is 1. The van der Waals surface area contributed by atoms with E-state index in [1.807, 2.05) is 4.90 Å². The Kier molecular flexibility index (Phi) is 3.83. The van der Waals surface area contributed by atoms with Crippen molar-refractivity contribution in [3.05, 3.63) is 29.3 Å². The molecule has 3 N–H and O–H groups in total. The number of rotatable bonds is 2. The van der Waals surface area contributed by atoms with E-state index in [9.17, 15) is 8.78 Å². The molecule has 1 aromatic carbocycles. The van der Waals surface area contributed by atoms with Gasteiger partial charge in [0.2, 0.25) is 0 Å². The molecular weight excluding hydrogens is 272 g/mol. The van der Waals surface area contributed by atoms with E-state index in [0.29, 0.717) is 12.5 Å². The number of amidine groups is 1. The zero-order chi connectivity index (χ0) is 15.0. The first kappa shape index (κ1) is 14.3. The van der Waals surface area contributed by atoms with Crippen LogP contribution in [0, 0.1) is 28.9 Å². The Bertz CT molecular complexity index is 535. The first-order valence-electron chi connectivity index (χ1n) is 7.64. The summed E-state index contributed by atoms with van der Waals surface area (Å²) in [4.78, 5) is 1.83. The molecule has 1 aromatic rings. The molecule has 0 radical (unpaired) electrons. The van der Waals surface area contributed by atoms with Crippen LogP contribution < -0.4 is 10.6 Å². The van der Waals surface area contributed by atoms with Crippen LogP contribution in [-0.2, 0) is 0 Å². The quantitative estimate of drug-likeness (QED) is 0.649. The molecular formula is C16H21F2N3. The lowest BCUT2D eigenvalue weighted by molar-refractivity contribution is 0.201. The van der Waals surface area contributed by atoms with Crippen molar-refractivity contribution in [1.29, 1.82) is 5.41 Å². The number of piperidine rings is 1. The molecule has 2 atom stereocenters. The van der Waals surface area contributed by atoms with Gasteiger partial charge in [-0.2, -0.15) is 0 Å². The topological polar surface area (TPSA) is 53.1 Å². The number of hydrogen-bond acceptors (Lipinski definition) is 2. The van der Waals surface area contributed by atoms with Crippen LogP contribution in [-0.4, -0.2) is 18.9 Å². The SMILES string of the molecule is N=C(N)c1cc(F)c(N2CCC3CCCCC3C2)c(F)c1. The van der Waals surface area contributed by atoms with E-state index >= 15 is 0 Å². The van der Waals surface area contributed by atoms with E-state index in [-0.39, 0.29) is 17.1 Å². The van der Waals surface area contributed by atoms with Crippen LogP contribution in [0.1, 0.15) is 37.7 Å². The fourth-order valence-electron chi connectivity index (χ4n) is 3.83. The first-order valence-corrected chi connectivity index (χ1v) is 7.64. The maximum atomic E-state index is 14.2. The lowest BCUT2D eigenvalue weighted by Gasteiger charge is -2.42. The summed E-state index contributed by atoms with van der Waals surface area (Å²) in [5.74, 6) is -0.273. The molecule has 3 nitrogen and oxygen atoms in total. The van der Waals surface area contributed by atoms with Gasteiger partial charge in [0.15, 0.2) is 0 Å². The number of nitrogens with one attached hydrogen (secondary N) is 1. The zero-order valence-electron chi connectivity index (χ0n) is 12.0. The van der Waals surface area contributed by atoms with Crippen LogP contribution in [0.2, 0.25) is 0 Å². The van der Waals surface area contributed by atoms with Gasteiger partial charge in [-0.15, -0.1) is 0 Å². The molecule has 0 amide bonds. The number of hydrogen-bond donors (Lipinski definition) is 2. The summed E-state index contributed by atoms with van der Waals surface area (Å²) in [6, 6.07) is 2.32. The van der Waals surface area contributed by atoms with Crippen LogP contribution in [0.5, 0.6) is 0 Å². The van der Waals surface area contributed by atoms with Crippen molar-refractivity contribution in [2.24, 2.45) is 17.6 Å². The second-order valence-electron chi connectivity index (χ2n) is 6.24. The molecule has 2 aliphatic rings. The van der Waals surface area contributed by atoms with Crippen LogP contribution in [0.3, 0.4) is 0 Å². The predicted octanol–water partition coefficient (Wildman–Crippen LogP) is 3.27. The van der Waals surface area contributed by atoms with Crippen molar-refractivity contribution in [2.75, 3.05) is 18.0 Å². The number of nitrogens with two attached hydrogens (primary N) is 1. The Balaban J connectivity index is 1.85. The van der Waals surface area contributed by atoms with Crippen LogP contribution in [0.4, 0.5) is 14.5 Å². The molecule has 2 fully saturated rings. The van der Waals surface area contributed by atoms with Crippen LogP contribution >= 0.6 is 0 Å². The number of nitrogen functional groups attached to an aromatic ring is 1. The third-order valence-electron chi connectivity index (χ3n) is 4.94. The van der Waals surface area contributed by atoms with Gasteiger partial charge in [-0.1, -0.05) is 19.3 Å². The minimum absolute atomic E-state index is 0.0454. The third kappa shape index (κ3) is 2.74. The highest BCUT2D eigenvalue weighted by atomic mass is 19.1. The molecule has 3 rings (SSSR count). The van der Waals surface area contributed by atoms with Crippen molar-refractivity contribution >= 4 is 11.5 Å². The van der Waals surface area contributed by atoms with E-state index in [2.05, 4.69) is 0 Å². The summed E-state index contributed by atoms with van der Waals surface area (Å²) >= 11 is 0. The smallest absolute Gasteiger partial charge is 0.150 e. The summed E-state index contributed by atoms with van der Waals surface area (Å²) < 4.78 is 28.5. The van der Waals surface area contributed by atoms with Gasteiger partial charge in [0.05, 0.1) is 0 Å². The van der Waals surface area contributed by atoms with Crippen molar-refractivity contribution in [1.82, 2.24) is 0 Å². The van der Waals surface area contributed by atoms with E-state index in [1.54, 1.807) is 0 Å². The molecule has 1 aliphatic carbocycles. The van der Waals surface area contributed by atoms with Gasteiger partial charge >= 0.3 is 0 Å². The molecule has 1 saturated heterocycles. The lowest BCUT2D eigenvalue weighted by atomic mass is 9.75. The molecule has 5 heteroatoms. The van der Waals surface area contributed by atoms with E-state index in [4.69, 9.17) is 11.1 Å². The van der Waals surface area contributed by atoms with Crippen molar-refractivity contribution in [3.8, 4) is 0 Å². The highest BCUT2D eigenvalue weighted by Crippen LogP contribution is 2.38. The minimum Gasteiger partial charge on any atom is -0.384 e. The van der Waals surface area contributed by atoms with Gasteiger partial charge in [0.25, 0.3) is 0 Å². The Morgan fingerprint density at radius 1 is 1.10 bits per heavy atom. The molecule has 1 heterocycles. The summed E-state index contributed by atoms with van der Waals surface area (Å²) in [6.45, 7) is 1.44. The number of nitrogens with zero attached hydrogens (tertiary/aromatic N) is 1. The lowest BCUT2D eigenvalue weighted by Crippen LogP contribution is -2.42. The van der Waals surface area contributed by atoms with Crippen molar-refractivity contribution in [3.63, 3.8) is 0 Å². The van der Waals surface area contributed by atoms with Gasteiger partial charge in [-0.3, -0.25) is 5.41 Å². The maximum Gasteiger partial charge on any atom is 0.150 e. The molecule has 0 bridgehead atoms. The maximum absolute atomic E-state index is 14.2. The Hall–Kier alpha value is -1.65. The Labute approximate surface area is 123 Å². The zero-order valence-corrected chi connectivity index (χ0v) is 12.0. The second-order valence-corrected chi connectivity index (χ2v) is 6.24. The fraction of sp³-hybridized carbons (Fsp3) is 0.562. The fourth-order valence-corrected chi connectivity index (χ4v) is 3.83. The summed E-state index contributed by atoms with van der Waals surface area (Å²) in [5.41, 5.74) is 5.45. The summed E-state index contributed by atoms with van der Waals surface area (Å²) in [5, 5.41) is 7.30. The van der Waals surface area contributed by atoms with Crippen molar-refractivity contribution in [2.45, 2.75) is 32.1 Å². The third-order valence-corrected chi connectivity index (χ3v) is 4.94. The second kappa shape index (κ2) is 5.62. The largest absolute Gasteiger partial charge is 0.384 e. The van der Waals surface area contributed by atoms with E-state index in [0.717, 1.165) is 37.4 Å². The molecule has 0 aromatic heterocycles. The Morgan fingerprint density at radius 3 is 2.33 bits per heavy atom. The van der Waals surface area contributed by atoms with E-state index in [1.165, 1.54) is 19.3 Å². The van der Waals surface area contributed by atoms with Gasteiger partial charge in [0.1, 0.15) is 23.2 Å². The normalized spacial score (nSPS) is 25.5. The summed E-state index contributed by atoms with van der Waals surface area (Å²) in [7, 11) is 0. The first-order chi connectivity index (χ1) is 10.1.